The van der Waals surface area contributed by atoms with Gasteiger partial charge >= 0.3 is 0 Å². The molecule has 1 aromatic heterocycles. The lowest BCUT2D eigenvalue weighted by atomic mass is 9.82. The van der Waals surface area contributed by atoms with Gasteiger partial charge in [-0.3, -0.25) is 0 Å². The van der Waals surface area contributed by atoms with E-state index in [4.69, 9.17) is 0 Å². The van der Waals surface area contributed by atoms with Crippen LogP contribution in [0.3, 0.4) is 0 Å². The van der Waals surface area contributed by atoms with Crippen LogP contribution in [0.1, 0.15) is 25.0 Å². The van der Waals surface area contributed by atoms with Crippen molar-refractivity contribution in [2.24, 2.45) is 0 Å². The molecular weight excluding hydrogens is 617 g/mol. The minimum Gasteiger partial charge on any atom is -0.310 e. The van der Waals surface area contributed by atoms with Crippen LogP contribution in [0.2, 0.25) is 0 Å². The van der Waals surface area contributed by atoms with E-state index in [9.17, 15) is 0 Å². The average Bonchev–Trinajstić information content (AvgIpc) is 3.77. The van der Waals surface area contributed by atoms with Gasteiger partial charge in [-0.05, 0) is 104 Å². The van der Waals surface area contributed by atoms with E-state index in [-0.39, 0.29) is 5.41 Å². The van der Waals surface area contributed by atoms with E-state index >= 15 is 0 Å². The van der Waals surface area contributed by atoms with Crippen molar-refractivity contribution in [2.75, 3.05) is 4.90 Å². The van der Waals surface area contributed by atoms with Gasteiger partial charge in [0.25, 0.3) is 0 Å². The molecule has 0 spiro atoms. The van der Waals surface area contributed by atoms with Crippen LogP contribution in [0.15, 0.2) is 170 Å². The van der Waals surface area contributed by atoms with Gasteiger partial charge in [-0.15, -0.1) is 0 Å². The van der Waals surface area contributed by atoms with Crippen LogP contribution in [-0.2, 0) is 5.41 Å². The van der Waals surface area contributed by atoms with Crippen LogP contribution < -0.4 is 4.90 Å². The first kappa shape index (κ1) is 28.5. The molecule has 9 aromatic rings. The topological polar surface area (TPSA) is 8.17 Å². The fraction of sp³-hybridized carbons (Fsp3) is 0.0612. The normalized spacial score (nSPS) is 13.5. The summed E-state index contributed by atoms with van der Waals surface area (Å²) in [5.41, 5.74) is 17.7. The Kier molecular flexibility index (Phi) is 5.76. The summed E-state index contributed by atoms with van der Waals surface area (Å²) in [5, 5.41) is 5.13. The zero-order valence-corrected chi connectivity index (χ0v) is 28.6. The molecule has 0 radical (unpaired) electrons. The molecule has 2 aliphatic rings. The Morgan fingerprint density at radius 2 is 0.961 bits per heavy atom. The summed E-state index contributed by atoms with van der Waals surface area (Å²) in [5.74, 6) is 0. The Morgan fingerprint density at radius 1 is 0.412 bits per heavy atom. The smallest absolute Gasteiger partial charge is 0.0541 e. The van der Waals surface area contributed by atoms with Gasteiger partial charge in [0.15, 0.2) is 0 Å². The molecular formula is C49H34N2. The molecule has 0 unspecified atom stereocenters. The van der Waals surface area contributed by atoms with Crippen molar-refractivity contribution < 1.29 is 0 Å². The highest BCUT2D eigenvalue weighted by Gasteiger charge is 2.36. The molecule has 0 aliphatic heterocycles. The zero-order valence-electron chi connectivity index (χ0n) is 28.6. The van der Waals surface area contributed by atoms with Crippen molar-refractivity contribution in [3.8, 4) is 39.1 Å². The van der Waals surface area contributed by atoms with E-state index in [0.717, 1.165) is 17.1 Å². The predicted molar refractivity (Wildman–Crippen MR) is 215 cm³/mol. The largest absolute Gasteiger partial charge is 0.310 e. The lowest BCUT2D eigenvalue weighted by molar-refractivity contribution is 0.660. The summed E-state index contributed by atoms with van der Waals surface area (Å²) in [6.07, 6.45) is 0. The molecule has 0 saturated carbocycles. The third-order valence-electron chi connectivity index (χ3n) is 11.5. The molecule has 2 nitrogen and oxygen atoms in total. The van der Waals surface area contributed by atoms with Crippen molar-refractivity contribution in [3.63, 3.8) is 0 Å². The summed E-state index contributed by atoms with van der Waals surface area (Å²) >= 11 is 0. The van der Waals surface area contributed by atoms with E-state index in [1.54, 1.807) is 0 Å². The Morgan fingerprint density at radius 3 is 1.69 bits per heavy atom. The van der Waals surface area contributed by atoms with Gasteiger partial charge in [0.1, 0.15) is 0 Å². The number of anilines is 3. The summed E-state index contributed by atoms with van der Waals surface area (Å²) in [6.45, 7) is 4.70. The van der Waals surface area contributed by atoms with E-state index in [0.29, 0.717) is 0 Å². The van der Waals surface area contributed by atoms with Gasteiger partial charge in [0.2, 0.25) is 0 Å². The van der Waals surface area contributed by atoms with E-state index < -0.39 is 0 Å². The molecule has 0 bridgehead atoms. The first-order valence-corrected chi connectivity index (χ1v) is 17.9. The molecule has 240 valence electrons. The van der Waals surface area contributed by atoms with Crippen molar-refractivity contribution in [2.45, 2.75) is 19.3 Å². The molecule has 11 rings (SSSR count). The molecule has 0 fully saturated rings. The second-order valence-corrected chi connectivity index (χ2v) is 14.5. The number of benzene rings is 8. The Balaban J connectivity index is 1.14. The molecule has 51 heavy (non-hydrogen) atoms. The van der Waals surface area contributed by atoms with Crippen LogP contribution >= 0.6 is 0 Å². The number of rotatable bonds is 4. The average molecular weight is 651 g/mol. The molecule has 0 saturated heterocycles. The number of aromatic nitrogens is 1. The maximum Gasteiger partial charge on any atom is 0.0541 e. The highest BCUT2D eigenvalue weighted by atomic mass is 15.1. The minimum atomic E-state index is -0.0486. The molecule has 1 heterocycles. The van der Waals surface area contributed by atoms with Gasteiger partial charge in [-0.1, -0.05) is 129 Å². The second-order valence-electron chi connectivity index (χ2n) is 14.5. The zero-order chi connectivity index (χ0) is 33.8. The Bertz CT molecular complexity index is 2810. The van der Waals surface area contributed by atoms with Crippen LogP contribution in [-0.4, -0.2) is 4.57 Å². The van der Waals surface area contributed by atoms with Gasteiger partial charge < -0.3 is 9.47 Å². The van der Waals surface area contributed by atoms with Crippen molar-refractivity contribution in [1.29, 1.82) is 0 Å². The second kappa shape index (κ2) is 10.3. The van der Waals surface area contributed by atoms with E-state index in [1.807, 2.05) is 0 Å². The summed E-state index contributed by atoms with van der Waals surface area (Å²) in [7, 11) is 0. The number of hydrogen-bond acceptors (Lipinski definition) is 1. The monoisotopic (exact) mass is 650 g/mol. The highest BCUT2D eigenvalue weighted by molar-refractivity contribution is 6.19. The van der Waals surface area contributed by atoms with Crippen LogP contribution in [0.4, 0.5) is 17.1 Å². The predicted octanol–water partition coefficient (Wildman–Crippen LogP) is 13.4. The molecule has 2 aliphatic carbocycles. The van der Waals surface area contributed by atoms with Gasteiger partial charge in [0, 0.05) is 38.6 Å². The van der Waals surface area contributed by atoms with Crippen LogP contribution in [0.5, 0.6) is 0 Å². The number of para-hydroxylation sites is 2. The van der Waals surface area contributed by atoms with Crippen LogP contribution in [0, 0.1) is 0 Å². The number of fused-ring (bicyclic) bond motifs is 9. The molecule has 0 N–H and O–H groups in total. The van der Waals surface area contributed by atoms with Crippen LogP contribution in [0.25, 0.3) is 71.6 Å². The van der Waals surface area contributed by atoms with Gasteiger partial charge in [-0.25, -0.2) is 0 Å². The van der Waals surface area contributed by atoms with Crippen molar-refractivity contribution >= 4 is 49.6 Å². The van der Waals surface area contributed by atoms with Gasteiger partial charge in [-0.2, -0.15) is 0 Å². The fourth-order valence-electron chi connectivity index (χ4n) is 9.21. The van der Waals surface area contributed by atoms with E-state index in [2.05, 4.69) is 193 Å². The standard InChI is InChI=1S/C49H34N2/c1-49(2)43-19-8-5-14-36(43)42-30-33(26-28-44(42)49)50(47-29-27-40-35-13-4-3-12-34(35)39-17-11-18-41(47)48(39)40)31-22-24-32(25-23-31)51-45-20-9-6-15-37(45)38-16-7-10-21-46(38)51/h3-30H,1-2H3. The lowest BCUT2D eigenvalue weighted by Gasteiger charge is -2.29. The maximum absolute atomic E-state index is 2.47. The quantitative estimate of drug-likeness (QED) is 0.184. The number of hydrogen-bond donors (Lipinski definition) is 0. The minimum absolute atomic E-state index is 0.0486. The molecule has 0 atom stereocenters. The third-order valence-corrected chi connectivity index (χ3v) is 11.5. The first-order chi connectivity index (χ1) is 25.1. The molecule has 2 heteroatoms. The summed E-state index contributed by atoms with van der Waals surface area (Å²) in [4.78, 5) is 2.47. The lowest BCUT2D eigenvalue weighted by Crippen LogP contribution is -2.15. The summed E-state index contributed by atoms with van der Waals surface area (Å²) in [6, 6.07) is 62.9. The SMILES string of the molecule is CC1(C)c2ccccc2-c2cc(N(c3ccc(-n4c5ccccc5c5ccccc54)cc3)c3ccc4c5c(cccc35)-c3ccccc3-4)ccc21. The third kappa shape index (κ3) is 3.88. The van der Waals surface area contributed by atoms with Crippen molar-refractivity contribution in [3.05, 3.63) is 181 Å². The Hall–Kier alpha value is -6.38. The van der Waals surface area contributed by atoms with Crippen molar-refractivity contribution in [1.82, 2.24) is 4.57 Å². The number of nitrogens with zero attached hydrogens (tertiary/aromatic N) is 2. The van der Waals surface area contributed by atoms with Gasteiger partial charge in [0.05, 0.1) is 16.7 Å². The summed E-state index contributed by atoms with van der Waals surface area (Å²) < 4.78 is 2.39. The highest BCUT2D eigenvalue weighted by Crippen LogP contribution is 2.53. The molecule has 8 aromatic carbocycles. The molecule has 0 amide bonds. The Labute approximate surface area is 297 Å². The fourth-order valence-corrected chi connectivity index (χ4v) is 9.21. The maximum atomic E-state index is 2.47. The van der Waals surface area contributed by atoms with E-state index in [1.165, 1.54) is 82.8 Å². The first-order valence-electron chi connectivity index (χ1n) is 17.9.